The van der Waals surface area contributed by atoms with Crippen molar-refractivity contribution in [3.05, 3.63) is 0 Å². The summed E-state index contributed by atoms with van der Waals surface area (Å²) in [4.78, 5) is 0. The molecule has 0 N–H and O–H groups in total. The summed E-state index contributed by atoms with van der Waals surface area (Å²) in [5, 5.41) is 0. The molecule has 0 amide bonds. The first-order valence-electron chi connectivity index (χ1n) is 10.2. The molecule has 0 aromatic heterocycles. The average Bonchev–Trinajstić information content (AvgIpc) is 2.57. The molecule has 0 unspecified atom stereocenters. The fourth-order valence-corrected chi connectivity index (χ4v) is 15.3. The van der Waals surface area contributed by atoms with Crippen LogP contribution in [0.5, 0.6) is 0 Å². The first-order chi connectivity index (χ1) is 11.4. The number of hydrogen-bond acceptors (Lipinski definition) is 4. The molecule has 0 aromatic rings. The Morgan fingerprint density at radius 3 is 0.917 bits per heavy atom. The Bertz CT molecular complexity index is 291. The monoisotopic (exact) mass is 426 g/mol. The molecule has 0 bridgehead atoms. The topological polar surface area (TPSA) is 13.0 Å². The SMILES string of the molecule is CCCN(CCC)P(Br)(N(CC)CC)(N(CC)CC)N(CC)CC. The summed E-state index contributed by atoms with van der Waals surface area (Å²) in [6, 6.07) is 0. The third-order valence-electron chi connectivity index (χ3n) is 5.10. The van der Waals surface area contributed by atoms with Crippen LogP contribution in [0.3, 0.4) is 0 Å². The maximum absolute atomic E-state index is 4.56. The third kappa shape index (κ3) is 4.18. The summed E-state index contributed by atoms with van der Waals surface area (Å²) in [6.07, 6.45) is 2.38. The van der Waals surface area contributed by atoms with Crippen molar-refractivity contribution >= 4 is 21.4 Å². The normalized spacial score (nSPS) is 14.8. The van der Waals surface area contributed by atoms with Crippen LogP contribution in [0.25, 0.3) is 0 Å². The van der Waals surface area contributed by atoms with Crippen LogP contribution < -0.4 is 0 Å². The molecule has 6 heteroatoms. The number of rotatable bonds is 14. The van der Waals surface area contributed by atoms with Gasteiger partial charge in [0.1, 0.15) is 0 Å². The minimum absolute atomic E-state index is 1.07. The molecule has 0 aliphatic heterocycles. The van der Waals surface area contributed by atoms with Gasteiger partial charge in [-0.15, -0.1) is 0 Å². The van der Waals surface area contributed by atoms with Gasteiger partial charge in [0.15, 0.2) is 0 Å². The quantitative estimate of drug-likeness (QED) is 0.332. The van der Waals surface area contributed by atoms with Crippen molar-refractivity contribution < 1.29 is 0 Å². The average molecular weight is 427 g/mol. The van der Waals surface area contributed by atoms with Gasteiger partial charge >= 0.3 is 161 Å². The summed E-state index contributed by atoms with van der Waals surface area (Å²) in [6.45, 7) is 27.2. The van der Waals surface area contributed by atoms with Crippen LogP contribution in [0.2, 0.25) is 0 Å². The van der Waals surface area contributed by atoms with Crippen molar-refractivity contribution in [1.29, 1.82) is 0 Å². The molecule has 0 saturated heterocycles. The molecule has 0 rings (SSSR count). The molecular weight excluding hydrogens is 383 g/mol. The standard InChI is InChI=1S/C18H44BrN4P/c1-9-17-23(18-10-2)24(19,20(11-3)12-4,21(13-5)14-6)22(15-7)16-8/h9-18H2,1-8H3. The van der Waals surface area contributed by atoms with Crippen LogP contribution in [-0.4, -0.2) is 71.0 Å². The molecule has 24 heavy (non-hydrogen) atoms. The van der Waals surface area contributed by atoms with E-state index in [0.717, 1.165) is 52.4 Å². The molecule has 0 atom stereocenters. The first-order valence-corrected chi connectivity index (χ1v) is 14.2. The van der Waals surface area contributed by atoms with E-state index in [-0.39, 0.29) is 0 Å². The summed E-state index contributed by atoms with van der Waals surface area (Å²) in [5.74, 6) is -2.72. The van der Waals surface area contributed by atoms with Crippen molar-refractivity contribution in [3.8, 4) is 0 Å². The van der Waals surface area contributed by atoms with E-state index < -0.39 is 5.91 Å². The number of hydrogen-bond donors (Lipinski definition) is 0. The van der Waals surface area contributed by atoms with Gasteiger partial charge in [0, 0.05) is 0 Å². The van der Waals surface area contributed by atoms with E-state index in [1.165, 1.54) is 12.8 Å². The Hall–Kier alpha value is 0.750. The summed E-state index contributed by atoms with van der Waals surface area (Å²) < 4.78 is 11.0. The maximum atomic E-state index is 4.56. The Morgan fingerprint density at radius 2 is 0.750 bits per heavy atom. The van der Waals surface area contributed by atoms with Gasteiger partial charge in [-0.2, -0.15) is 0 Å². The molecule has 0 aliphatic carbocycles. The molecular formula is C18H44BrN4P. The van der Waals surface area contributed by atoms with Crippen LogP contribution >= 0.6 is 21.4 Å². The van der Waals surface area contributed by atoms with Crippen LogP contribution in [0, 0.1) is 0 Å². The van der Waals surface area contributed by atoms with Crippen molar-refractivity contribution in [2.45, 2.75) is 68.2 Å². The Balaban J connectivity index is 6.71. The van der Waals surface area contributed by atoms with Gasteiger partial charge in [-0.05, 0) is 0 Å². The van der Waals surface area contributed by atoms with Crippen LogP contribution in [0.4, 0.5) is 0 Å². The van der Waals surface area contributed by atoms with E-state index in [1.807, 2.05) is 0 Å². The molecule has 0 aromatic carbocycles. The molecule has 0 saturated carbocycles. The van der Waals surface area contributed by atoms with Gasteiger partial charge < -0.3 is 0 Å². The molecule has 0 heterocycles. The van der Waals surface area contributed by atoms with Crippen molar-refractivity contribution in [1.82, 2.24) is 18.7 Å². The Labute approximate surface area is 160 Å². The first kappa shape index (κ1) is 24.8. The Kier molecular flexibility index (Phi) is 11.8. The second kappa shape index (κ2) is 11.5. The summed E-state index contributed by atoms with van der Waals surface area (Å²) in [5.41, 5.74) is 0. The van der Waals surface area contributed by atoms with E-state index >= 15 is 0 Å². The van der Waals surface area contributed by atoms with Crippen molar-refractivity contribution in [2.75, 3.05) is 52.4 Å². The van der Waals surface area contributed by atoms with Gasteiger partial charge in [0.25, 0.3) is 0 Å². The molecule has 4 nitrogen and oxygen atoms in total. The number of halogens is 1. The van der Waals surface area contributed by atoms with Crippen LogP contribution in [0.15, 0.2) is 0 Å². The van der Waals surface area contributed by atoms with Crippen molar-refractivity contribution in [3.63, 3.8) is 0 Å². The second-order valence-corrected chi connectivity index (χ2v) is 14.0. The van der Waals surface area contributed by atoms with Gasteiger partial charge in [0.05, 0.1) is 0 Å². The van der Waals surface area contributed by atoms with E-state index in [2.05, 4.69) is 89.6 Å². The van der Waals surface area contributed by atoms with E-state index in [9.17, 15) is 0 Å². The van der Waals surface area contributed by atoms with E-state index in [4.69, 9.17) is 0 Å². The van der Waals surface area contributed by atoms with Crippen molar-refractivity contribution in [2.24, 2.45) is 0 Å². The fourth-order valence-electron chi connectivity index (χ4n) is 4.18. The Morgan fingerprint density at radius 1 is 0.500 bits per heavy atom. The fraction of sp³-hybridized carbons (Fsp3) is 1.00. The summed E-state index contributed by atoms with van der Waals surface area (Å²) in [7, 11) is 0. The second-order valence-electron chi connectivity index (χ2n) is 6.21. The predicted octanol–water partition coefficient (Wildman–Crippen LogP) is 5.66. The zero-order valence-electron chi connectivity index (χ0n) is 17.7. The van der Waals surface area contributed by atoms with Crippen LogP contribution in [-0.2, 0) is 0 Å². The zero-order valence-corrected chi connectivity index (χ0v) is 20.2. The van der Waals surface area contributed by atoms with Gasteiger partial charge in [-0.3, -0.25) is 0 Å². The molecule has 0 spiro atoms. The molecule has 0 aliphatic rings. The third-order valence-corrected chi connectivity index (χ3v) is 16.5. The van der Waals surface area contributed by atoms with Gasteiger partial charge in [0.2, 0.25) is 0 Å². The molecule has 0 fully saturated rings. The molecule has 0 radical (unpaired) electrons. The van der Waals surface area contributed by atoms with E-state index in [0.29, 0.717) is 0 Å². The van der Waals surface area contributed by atoms with Gasteiger partial charge in [-0.25, -0.2) is 0 Å². The van der Waals surface area contributed by atoms with E-state index in [1.54, 1.807) is 0 Å². The van der Waals surface area contributed by atoms with Gasteiger partial charge in [-0.1, -0.05) is 0 Å². The predicted molar refractivity (Wildman–Crippen MR) is 117 cm³/mol. The minimum atomic E-state index is -2.72. The number of nitrogens with zero attached hydrogens (tertiary/aromatic N) is 4. The van der Waals surface area contributed by atoms with Crippen LogP contribution in [0.1, 0.15) is 68.2 Å². The molecule has 148 valence electrons. The zero-order chi connectivity index (χ0) is 18.8. The summed E-state index contributed by atoms with van der Waals surface area (Å²) >= 11 is 4.56.